The summed E-state index contributed by atoms with van der Waals surface area (Å²) >= 11 is 0. The first-order valence-electron chi connectivity index (χ1n) is 38.0. The van der Waals surface area contributed by atoms with Crippen LogP contribution in [0.2, 0.25) is 0 Å². The number of phosphoric acid groups is 2. The van der Waals surface area contributed by atoms with Crippen LogP contribution < -0.4 is 0 Å². The van der Waals surface area contributed by atoms with Crippen LogP contribution in [0, 0.1) is 5.92 Å². The van der Waals surface area contributed by atoms with Crippen LogP contribution in [-0.2, 0) is 65.4 Å². The Hall–Kier alpha value is -2.46. The van der Waals surface area contributed by atoms with Gasteiger partial charge in [0, 0.05) is 25.7 Å². The molecular formula is C74H140O17P2. The Kier molecular flexibility index (Phi) is 65.0. The van der Waals surface area contributed by atoms with Crippen LogP contribution in [0.15, 0.2) is 24.3 Å². The summed E-state index contributed by atoms with van der Waals surface area (Å²) in [6.45, 7) is 7.21. The molecule has 3 N–H and O–H groups in total. The molecule has 0 aromatic carbocycles. The molecule has 0 radical (unpaired) electrons. The predicted molar refractivity (Wildman–Crippen MR) is 377 cm³/mol. The van der Waals surface area contributed by atoms with Crippen LogP contribution in [0.25, 0.3) is 0 Å². The van der Waals surface area contributed by atoms with Crippen molar-refractivity contribution >= 4 is 39.5 Å². The van der Waals surface area contributed by atoms with E-state index in [0.29, 0.717) is 25.7 Å². The van der Waals surface area contributed by atoms with Crippen molar-refractivity contribution in [3.8, 4) is 0 Å². The lowest BCUT2D eigenvalue weighted by Crippen LogP contribution is -2.30. The van der Waals surface area contributed by atoms with Crippen LogP contribution in [-0.4, -0.2) is 96.7 Å². The number of allylic oxidation sites excluding steroid dienone is 4. The highest BCUT2D eigenvalue weighted by atomic mass is 31.2. The lowest BCUT2D eigenvalue weighted by molar-refractivity contribution is -0.161. The maximum atomic E-state index is 13.1. The predicted octanol–water partition coefficient (Wildman–Crippen LogP) is 21.2. The summed E-state index contributed by atoms with van der Waals surface area (Å²) in [5, 5.41) is 10.6. The van der Waals surface area contributed by atoms with E-state index in [9.17, 15) is 43.2 Å². The van der Waals surface area contributed by atoms with Crippen LogP contribution >= 0.6 is 15.6 Å². The Morgan fingerprint density at radius 1 is 0.333 bits per heavy atom. The minimum absolute atomic E-state index is 0.0852. The van der Waals surface area contributed by atoms with Gasteiger partial charge in [-0.15, -0.1) is 0 Å². The number of esters is 4. The number of phosphoric ester groups is 2. The SMILES string of the molecule is CCCCCC/C=C\C=C/CCCCCCCC(=O)O[C@H](COC(=O)CCCCCCCCCCCCCC(C)C)COP(=O)(O)OC[C@@H](O)COP(=O)(O)OC[C@@H](COC(=O)CCCCCCCCCCCCCC)OC(=O)CCCCCCCCCCCCCC. The third kappa shape index (κ3) is 67.9. The van der Waals surface area contributed by atoms with Gasteiger partial charge in [-0.05, 0) is 57.3 Å². The molecule has 0 aliphatic heterocycles. The van der Waals surface area contributed by atoms with Crippen molar-refractivity contribution in [3.63, 3.8) is 0 Å². The Morgan fingerprint density at radius 2 is 0.581 bits per heavy atom. The summed E-state index contributed by atoms with van der Waals surface area (Å²) in [6.07, 6.45) is 57.5. The first-order chi connectivity index (χ1) is 45.0. The van der Waals surface area contributed by atoms with Crippen LogP contribution in [0.1, 0.15) is 362 Å². The van der Waals surface area contributed by atoms with Crippen molar-refractivity contribution in [2.24, 2.45) is 5.92 Å². The minimum atomic E-state index is -4.96. The maximum Gasteiger partial charge on any atom is 0.472 e. The molecule has 19 heteroatoms. The van der Waals surface area contributed by atoms with Gasteiger partial charge in [0.05, 0.1) is 26.4 Å². The van der Waals surface area contributed by atoms with Crippen LogP contribution in [0.4, 0.5) is 0 Å². The van der Waals surface area contributed by atoms with Gasteiger partial charge in [0.1, 0.15) is 19.3 Å². The Morgan fingerprint density at radius 3 is 0.882 bits per heavy atom. The molecule has 0 spiro atoms. The van der Waals surface area contributed by atoms with Crippen molar-refractivity contribution < 1.29 is 80.2 Å². The number of hydrogen-bond donors (Lipinski definition) is 3. The number of rotatable bonds is 72. The van der Waals surface area contributed by atoms with Crippen molar-refractivity contribution in [1.82, 2.24) is 0 Å². The van der Waals surface area contributed by atoms with E-state index in [1.807, 2.05) is 0 Å². The smallest absolute Gasteiger partial charge is 0.462 e. The zero-order valence-electron chi connectivity index (χ0n) is 59.9. The van der Waals surface area contributed by atoms with Gasteiger partial charge in [0.15, 0.2) is 12.2 Å². The molecule has 0 saturated carbocycles. The summed E-state index contributed by atoms with van der Waals surface area (Å²) in [4.78, 5) is 72.7. The molecule has 0 heterocycles. The molecule has 0 aromatic heterocycles. The molecule has 0 rings (SSSR count). The van der Waals surface area contributed by atoms with Crippen molar-refractivity contribution in [2.45, 2.75) is 380 Å². The van der Waals surface area contributed by atoms with Gasteiger partial charge in [-0.2, -0.15) is 0 Å². The van der Waals surface area contributed by atoms with E-state index in [4.69, 9.17) is 37.0 Å². The van der Waals surface area contributed by atoms with E-state index >= 15 is 0 Å². The van der Waals surface area contributed by atoms with E-state index in [0.717, 1.165) is 109 Å². The summed E-state index contributed by atoms with van der Waals surface area (Å²) in [5.74, 6) is -1.38. The molecule has 0 aliphatic carbocycles. The van der Waals surface area contributed by atoms with E-state index in [1.54, 1.807) is 0 Å². The average Bonchev–Trinajstić information content (AvgIpc) is 2.58. The standard InChI is InChI=1S/C74H140O17P2/c1-6-9-12-15-18-21-24-27-28-29-34-40-45-50-55-60-74(79)91-70(64-85-72(77)58-53-48-43-38-35-30-31-36-41-46-51-56-67(4)5)66-89-93(82,83)87-62-68(75)61-86-92(80,81)88-65-69(90-73(78)59-54-49-44-39-33-26-23-20-17-14-11-8-3)63-84-71(76)57-52-47-42-37-32-25-22-19-16-13-10-7-2/h21,24,27-28,67-70,75H,6-20,22-23,25-26,29-66H2,1-5H3,(H,80,81)(H,82,83)/b24-21-,28-27-/t68-,69+,70+/m0/s1. The second-order valence-electron chi connectivity index (χ2n) is 26.5. The van der Waals surface area contributed by atoms with E-state index in [1.165, 1.54) is 173 Å². The Balaban J connectivity index is 5.29. The number of aliphatic hydroxyl groups is 1. The molecule has 0 aromatic rings. The monoisotopic (exact) mass is 1360 g/mol. The van der Waals surface area contributed by atoms with E-state index in [-0.39, 0.29) is 25.7 Å². The number of ether oxygens (including phenoxy) is 4. The highest BCUT2D eigenvalue weighted by Crippen LogP contribution is 2.45. The lowest BCUT2D eigenvalue weighted by atomic mass is 10.0. The van der Waals surface area contributed by atoms with Gasteiger partial charge in [-0.3, -0.25) is 37.3 Å². The summed E-state index contributed by atoms with van der Waals surface area (Å²) in [5.41, 5.74) is 0. The van der Waals surface area contributed by atoms with Gasteiger partial charge in [-0.1, -0.05) is 309 Å². The summed E-state index contributed by atoms with van der Waals surface area (Å²) < 4.78 is 68.4. The lowest BCUT2D eigenvalue weighted by Gasteiger charge is -2.21. The molecule has 0 aliphatic rings. The first-order valence-corrected chi connectivity index (χ1v) is 40.9. The second kappa shape index (κ2) is 66.8. The Labute approximate surface area is 567 Å². The molecular weight excluding hydrogens is 1220 g/mol. The Bertz CT molecular complexity index is 1880. The van der Waals surface area contributed by atoms with Gasteiger partial charge in [-0.25, -0.2) is 9.13 Å². The molecule has 2 unspecified atom stereocenters. The van der Waals surface area contributed by atoms with Gasteiger partial charge in [0.2, 0.25) is 0 Å². The molecule has 93 heavy (non-hydrogen) atoms. The highest BCUT2D eigenvalue weighted by molar-refractivity contribution is 7.47. The third-order valence-electron chi connectivity index (χ3n) is 16.7. The van der Waals surface area contributed by atoms with E-state index in [2.05, 4.69) is 58.9 Å². The normalized spacial score (nSPS) is 14.2. The molecule has 0 bridgehead atoms. The van der Waals surface area contributed by atoms with Gasteiger partial charge < -0.3 is 33.8 Å². The largest absolute Gasteiger partial charge is 0.472 e. The first kappa shape index (κ1) is 90.5. The maximum absolute atomic E-state index is 13.1. The summed E-state index contributed by atoms with van der Waals surface area (Å²) in [6, 6.07) is 0. The van der Waals surface area contributed by atoms with Crippen molar-refractivity contribution in [1.29, 1.82) is 0 Å². The minimum Gasteiger partial charge on any atom is -0.462 e. The van der Waals surface area contributed by atoms with Gasteiger partial charge >= 0.3 is 39.5 Å². The topological polar surface area (TPSA) is 237 Å². The zero-order valence-corrected chi connectivity index (χ0v) is 61.7. The highest BCUT2D eigenvalue weighted by Gasteiger charge is 2.30. The summed E-state index contributed by atoms with van der Waals surface area (Å²) in [7, 11) is -9.92. The van der Waals surface area contributed by atoms with Crippen molar-refractivity contribution in [3.05, 3.63) is 24.3 Å². The van der Waals surface area contributed by atoms with Gasteiger partial charge in [0.25, 0.3) is 0 Å². The molecule has 17 nitrogen and oxygen atoms in total. The number of carbonyl (C=O) groups excluding carboxylic acids is 4. The molecule has 0 fully saturated rings. The molecule has 5 atom stereocenters. The quantitative estimate of drug-likeness (QED) is 0.0169. The van der Waals surface area contributed by atoms with Crippen LogP contribution in [0.5, 0.6) is 0 Å². The molecule has 548 valence electrons. The number of hydrogen-bond acceptors (Lipinski definition) is 15. The average molecular weight is 1360 g/mol. The zero-order chi connectivity index (χ0) is 68.4. The molecule has 0 amide bonds. The molecule has 0 saturated heterocycles. The van der Waals surface area contributed by atoms with E-state index < -0.39 is 97.5 Å². The number of aliphatic hydroxyl groups excluding tert-OH is 1. The fraction of sp³-hybridized carbons (Fsp3) is 0.892. The fourth-order valence-electron chi connectivity index (χ4n) is 10.8. The second-order valence-corrected chi connectivity index (χ2v) is 29.4. The van der Waals surface area contributed by atoms with Crippen LogP contribution in [0.3, 0.4) is 0 Å². The number of unbranched alkanes of at least 4 members (excludes halogenated alkanes) is 41. The fourth-order valence-corrected chi connectivity index (χ4v) is 12.4. The van der Waals surface area contributed by atoms with Crippen molar-refractivity contribution in [2.75, 3.05) is 39.6 Å². The third-order valence-corrected chi connectivity index (χ3v) is 18.6. The number of carbonyl (C=O) groups is 4.